The molecule has 3 aromatic carbocycles. The molecule has 0 aliphatic rings. The largest absolute Gasteiger partial charge is 0.423 e. The molecule has 0 aliphatic carbocycles. The van der Waals surface area contributed by atoms with Crippen LogP contribution in [0, 0.1) is 6.92 Å². The van der Waals surface area contributed by atoms with Crippen molar-refractivity contribution in [1.82, 2.24) is 10.7 Å². The molecule has 0 fully saturated rings. The van der Waals surface area contributed by atoms with Gasteiger partial charge in [0.05, 0.1) is 18.3 Å². The number of nitrogens with zero attached hydrogens (tertiary/aromatic N) is 1. The molecule has 2 N–H and O–H groups in total. The van der Waals surface area contributed by atoms with Gasteiger partial charge in [-0.15, -0.1) is 0 Å². The zero-order valence-electron chi connectivity index (χ0n) is 17.2. The second-order valence-corrected chi connectivity index (χ2v) is 7.25. The van der Waals surface area contributed by atoms with E-state index in [1.54, 1.807) is 60.7 Å². The summed E-state index contributed by atoms with van der Waals surface area (Å²) in [5.74, 6) is -1.02. The Morgan fingerprint density at radius 2 is 1.66 bits per heavy atom. The van der Waals surface area contributed by atoms with Gasteiger partial charge in [-0.1, -0.05) is 41.4 Å². The summed E-state index contributed by atoms with van der Waals surface area (Å²) in [6.45, 7) is 1.70. The minimum absolute atomic E-state index is 0.219. The van der Waals surface area contributed by atoms with Gasteiger partial charge in [0.1, 0.15) is 5.75 Å². The maximum absolute atomic E-state index is 12.2. The van der Waals surface area contributed by atoms with Crippen LogP contribution in [0.15, 0.2) is 77.9 Å². The van der Waals surface area contributed by atoms with Crippen LogP contribution in [0.1, 0.15) is 31.8 Å². The van der Waals surface area contributed by atoms with Gasteiger partial charge in [0, 0.05) is 10.6 Å². The molecule has 3 rings (SSSR count). The summed E-state index contributed by atoms with van der Waals surface area (Å²) in [7, 11) is 0. The summed E-state index contributed by atoms with van der Waals surface area (Å²) in [6, 6.07) is 20.0. The lowest BCUT2D eigenvalue weighted by atomic mass is 10.1. The maximum Gasteiger partial charge on any atom is 0.343 e. The summed E-state index contributed by atoms with van der Waals surface area (Å²) in [5, 5.41) is 6.91. The highest BCUT2D eigenvalue weighted by Crippen LogP contribution is 2.16. The van der Waals surface area contributed by atoms with Gasteiger partial charge in [0.2, 0.25) is 0 Å². The Morgan fingerprint density at radius 1 is 0.969 bits per heavy atom. The van der Waals surface area contributed by atoms with Gasteiger partial charge >= 0.3 is 5.97 Å². The number of esters is 1. The lowest BCUT2D eigenvalue weighted by Crippen LogP contribution is -2.34. The lowest BCUT2D eigenvalue weighted by Gasteiger charge is -2.06. The smallest absolute Gasteiger partial charge is 0.343 e. The van der Waals surface area contributed by atoms with Gasteiger partial charge in [-0.05, 0) is 61.0 Å². The first-order valence-corrected chi connectivity index (χ1v) is 10.0. The second kappa shape index (κ2) is 10.9. The van der Waals surface area contributed by atoms with E-state index in [1.165, 1.54) is 6.21 Å². The lowest BCUT2D eigenvalue weighted by molar-refractivity contribution is -0.120. The Labute approximate surface area is 190 Å². The van der Waals surface area contributed by atoms with Crippen LogP contribution in [0.2, 0.25) is 5.02 Å². The highest BCUT2D eigenvalue weighted by Gasteiger charge is 2.09. The Morgan fingerprint density at radius 3 is 2.38 bits per heavy atom. The number of nitrogens with one attached hydrogen (secondary N) is 2. The van der Waals surface area contributed by atoms with Crippen LogP contribution in [0.4, 0.5) is 0 Å². The number of ether oxygens (including phenoxy) is 1. The number of benzene rings is 3. The molecule has 0 atom stereocenters. The number of hydrogen-bond donors (Lipinski definition) is 2. The summed E-state index contributed by atoms with van der Waals surface area (Å²) in [4.78, 5) is 36.1. The van der Waals surface area contributed by atoms with Crippen LogP contribution >= 0.6 is 11.6 Å². The third-order valence-corrected chi connectivity index (χ3v) is 4.53. The van der Waals surface area contributed by atoms with Gasteiger partial charge in [0.25, 0.3) is 11.8 Å². The van der Waals surface area contributed by atoms with Gasteiger partial charge in [0.15, 0.2) is 0 Å². The van der Waals surface area contributed by atoms with Crippen LogP contribution in [-0.2, 0) is 4.79 Å². The van der Waals surface area contributed by atoms with E-state index in [-0.39, 0.29) is 12.5 Å². The molecule has 162 valence electrons. The third kappa shape index (κ3) is 6.78. The number of carbonyl (C=O) groups excluding carboxylic acids is 3. The standard InChI is InChI=1S/C24H20ClN3O4/c1-16-5-7-18(8-6-16)23(30)26-15-22(29)28-27-14-17-3-2-4-21(13-17)32-24(31)19-9-11-20(25)12-10-19/h2-14H,15H2,1H3,(H,26,30)(H,28,29). The van der Waals surface area contributed by atoms with Crippen molar-refractivity contribution in [3.8, 4) is 5.75 Å². The Balaban J connectivity index is 1.49. The Kier molecular flexibility index (Phi) is 7.72. The fourth-order valence-corrected chi connectivity index (χ4v) is 2.72. The molecule has 32 heavy (non-hydrogen) atoms. The fourth-order valence-electron chi connectivity index (χ4n) is 2.60. The van der Waals surface area contributed by atoms with Crippen LogP contribution in [0.3, 0.4) is 0 Å². The van der Waals surface area contributed by atoms with E-state index >= 15 is 0 Å². The highest BCUT2D eigenvalue weighted by atomic mass is 35.5. The average molecular weight is 450 g/mol. The van der Waals surface area contributed by atoms with E-state index in [9.17, 15) is 14.4 Å². The first-order valence-electron chi connectivity index (χ1n) is 9.65. The van der Waals surface area contributed by atoms with Crippen molar-refractivity contribution >= 4 is 35.6 Å². The minimum atomic E-state index is -0.520. The van der Waals surface area contributed by atoms with Crippen molar-refractivity contribution in [2.24, 2.45) is 5.10 Å². The molecule has 0 saturated carbocycles. The molecular formula is C24H20ClN3O4. The van der Waals surface area contributed by atoms with E-state index in [1.807, 2.05) is 19.1 Å². The number of hydrogen-bond acceptors (Lipinski definition) is 5. The van der Waals surface area contributed by atoms with Gasteiger partial charge in [-0.2, -0.15) is 5.10 Å². The van der Waals surface area contributed by atoms with E-state index in [0.29, 0.717) is 27.5 Å². The number of aryl methyl sites for hydroxylation is 1. The molecule has 7 nitrogen and oxygen atoms in total. The number of halogens is 1. The van der Waals surface area contributed by atoms with E-state index in [2.05, 4.69) is 15.8 Å². The van der Waals surface area contributed by atoms with Crippen LogP contribution in [0.25, 0.3) is 0 Å². The van der Waals surface area contributed by atoms with E-state index in [0.717, 1.165) is 5.56 Å². The van der Waals surface area contributed by atoms with Crippen LogP contribution in [0.5, 0.6) is 5.75 Å². The maximum atomic E-state index is 12.2. The first kappa shape index (κ1) is 22.7. The number of amides is 2. The molecule has 0 heterocycles. The van der Waals surface area contributed by atoms with Gasteiger partial charge in [-0.3, -0.25) is 9.59 Å². The summed E-state index contributed by atoms with van der Waals surface area (Å²) < 4.78 is 5.34. The third-order valence-electron chi connectivity index (χ3n) is 4.27. The van der Waals surface area contributed by atoms with Crippen LogP contribution < -0.4 is 15.5 Å². The molecule has 0 aliphatic heterocycles. The molecule has 3 aromatic rings. The summed E-state index contributed by atoms with van der Waals surface area (Å²) >= 11 is 5.82. The minimum Gasteiger partial charge on any atom is -0.423 e. The molecule has 0 spiro atoms. The topological polar surface area (TPSA) is 96.9 Å². The number of carbonyl (C=O) groups is 3. The number of rotatable bonds is 7. The van der Waals surface area contributed by atoms with Crippen molar-refractivity contribution in [2.75, 3.05) is 6.54 Å². The molecule has 0 radical (unpaired) electrons. The normalized spacial score (nSPS) is 10.6. The molecule has 0 aromatic heterocycles. The zero-order chi connectivity index (χ0) is 22.9. The monoisotopic (exact) mass is 449 g/mol. The molecular weight excluding hydrogens is 430 g/mol. The van der Waals surface area contributed by atoms with E-state index < -0.39 is 11.9 Å². The van der Waals surface area contributed by atoms with Crippen molar-refractivity contribution in [3.05, 3.63) is 100 Å². The first-order chi connectivity index (χ1) is 15.4. The van der Waals surface area contributed by atoms with Crippen molar-refractivity contribution < 1.29 is 19.1 Å². The van der Waals surface area contributed by atoms with Crippen molar-refractivity contribution in [2.45, 2.75) is 6.92 Å². The summed E-state index contributed by atoms with van der Waals surface area (Å²) in [5.41, 5.74) is 4.82. The van der Waals surface area contributed by atoms with Gasteiger partial charge in [-0.25, -0.2) is 10.2 Å². The summed E-state index contributed by atoms with van der Waals surface area (Å²) in [6.07, 6.45) is 1.40. The Bertz CT molecular complexity index is 1140. The predicted molar refractivity (Wildman–Crippen MR) is 122 cm³/mol. The van der Waals surface area contributed by atoms with Gasteiger partial charge < -0.3 is 10.1 Å². The molecule has 0 saturated heterocycles. The molecule has 0 unspecified atom stereocenters. The van der Waals surface area contributed by atoms with Crippen molar-refractivity contribution in [1.29, 1.82) is 0 Å². The van der Waals surface area contributed by atoms with Crippen LogP contribution in [-0.4, -0.2) is 30.5 Å². The molecule has 0 bridgehead atoms. The molecule has 2 amide bonds. The Hall–Kier alpha value is -3.97. The quantitative estimate of drug-likeness (QED) is 0.248. The number of hydrazone groups is 1. The predicted octanol–water partition coefficient (Wildman–Crippen LogP) is 3.75. The van der Waals surface area contributed by atoms with E-state index in [4.69, 9.17) is 16.3 Å². The second-order valence-electron chi connectivity index (χ2n) is 6.81. The molecule has 8 heteroatoms. The van der Waals surface area contributed by atoms with Crippen molar-refractivity contribution in [3.63, 3.8) is 0 Å². The highest BCUT2D eigenvalue weighted by molar-refractivity contribution is 6.30. The average Bonchev–Trinajstić information content (AvgIpc) is 2.78. The SMILES string of the molecule is Cc1ccc(C(=O)NCC(=O)NN=Cc2cccc(OC(=O)c3ccc(Cl)cc3)c2)cc1. The fraction of sp³-hybridized carbons (Fsp3) is 0.0833. The zero-order valence-corrected chi connectivity index (χ0v) is 17.9.